The standard InChI is InChI=1S/C9H3BrF3IN2O/c10-4-1-2-5(6(3-4)9(11,12)13)7-15-16-8(14)17-7/h1-3H. The second-order valence-corrected chi connectivity index (χ2v) is 4.89. The second kappa shape index (κ2) is 4.56. The Morgan fingerprint density at radius 2 is 1.94 bits per heavy atom. The summed E-state index contributed by atoms with van der Waals surface area (Å²) in [6, 6.07) is 3.75. The van der Waals surface area contributed by atoms with E-state index in [1.54, 1.807) is 22.6 Å². The molecule has 17 heavy (non-hydrogen) atoms. The predicted octanol–water partition coefficient (Wildman–Crippen LogP) is 4.12. The van der Waals surface area contributed by atoms with Crippen LogP contribution in [0.3, 0.4) is 0 Å². The second-order valence-electron chi connectivity index (χ2n) is 3.05. The van der Waals surface area contributed by atoms with Crippen molar-refractivity contribution >= 4 is 38.5 Å². The molecule has 0 bridgehead atoms. The molecule has 1 aromatic heterocycles. The lowest BCUT2D eigenvalue weighted by Crippen LogP contribution is -2.07. The molecule has 0 N–H and O–H groups in total. The van der Waals surface area contributed by atoms with Gasteiger partial charge >= 0.3 is 6.18 Å². The molecule has 2 aromatic rings. The third-order valence-corrected chi connectivity index (χ3v) is 2.85. The van der Waals surface area contributed by atoms with Gasteiger partial charge in [0.2, 0.25) is 5.89 Å². The molecule has 0 fully saturated rings. The Morgan fingerprint density at radius 3 is 2.47 bits per heavy atom. The molecule has 2 rings (SSSR count). The van der Waals surface area contributed by atoms with E-state index in [1.165, 1.54) is 12.1 Å². The summed E-state index contributed by atoms with van der Waals surface area (Å²) in [5.74, 6) is -0.144. The molecule has 0 amide bonds. The topological polar surface area (TPSA) is 38.9 Å². The van der Waals surface area contributed by atoms with Crippen molar-refractivity contribution in [1.82, 2.24) is 10.2 Å². The van der Waals surface area contributed by atoms with Crippen LogP contribution in [0.15, 0.2) is 27.1 Å². The molecule has 0 aliphatic heterocycles. The lowest BCUT2D eigenvalue weighted by Gasteiger charge is -2.10. The monoisotopic (exact) mass is 418 g/mol. The first kappa shape index (κ1) is 12.8. The van der Waals surface area contributed by atoms with Crippen molar-refractivity contribution in [3.05, 3.63) is 32.1 Å². The van der Waals surface area contributed by atoms with Crippen LogP contribution in [-0.2, 0) is 6.18 Å². The Kier molecular flexibility index (Phi) is 3.43. The van der Waals surface area contributed by atoms with E-state index in [2.05, 4.69) is 26.1 Å². The van der Waals surface area contributed by atoms with E-state index in [1.807, 2.05) is 0 Å². The number of aromatic nitrogens is 2. The van der Waals surface area contributed by atoms with Gasteiger partial charge in [-0.1, -0.05) is 15.9 Å². The fourth-order valence-electron chi connectivity index (χ4n) is 1.25. The van der Waals surface area contributed by atoms with Gasteiger partial charge in [0.05, 0.1) is 11.1 Å². The maximum atomic E-state index is 12.8. The maximum Gasteiger partial charge on any atom is 0.417 e. The van der Waals surface area contributed by atoms with Crippen molar-refractivity contribution in [1.29, 1.82) is 0 Å². The fourth-order valence-corrected chi connectivity index (χ4v) is 1.93. The van der Waals surface area contributed by atoms with E-state index in [9.17, 15) is 13.2 Å². The first-order chi connectivity index (χ1) is 7.88. The van der Waals surface area contributed by atoms with Gasteiger partial charge in [0.15, 0.2) is 0 Å². The summed E-state index contributed by atoms with van der Waals surface area (Å²) in [5.41, 5.74) is -0.942. The molecule has 90 valence electrons. The quantitative estimate of drug-likeness (QED) is 0.654. The number of rotatable bonds is 1. The van der Waals surface area contributed by atoms with Crippen LogP contribution in [0.25, 0.3) is 11.5 Å². The zero-order chi connectivity index (χ0) is 12.6. The van der Waals surface area contributed by atoms with Crippen LogP contribution in [0.4, 0.5) is 13.2 Å². The van der Waals surface area contributed by atoms with Gasteiger partial charge in [0.1, 0.15) is 0 Å². The van der Waals surface area contributed by atoms with Gasteiger partial charge in [-0.3, -0.25) is 0 Å². The SMILES string of the molecule is FC(F)(F)c1cc(Br)ccc1-c1nnc(I)o1. The minimum Gasteiger partial charge on any atom is -0.412 e. The highest BCUT2D eigenvalue weighted by molar-refractivity contribution is 14.1. The van der Waals surface area contributed by atoms with Crippen LogP contribution in [0.1, 0.15) is 5.56 Å². The Bertz CT molecular complexity index is 555. The molecule has 0 aliphatic carbocycles. The number of hydrogen-bond acceptors (Lipinski definition) is 3. The minimum atomic E-state index is -4.47. The van der Waals surface area contributed by atoms with E-state index in [0.717, 1.165) is 6.07 Å². The summed E-state index contributed by atoms with van der Waals surface area (Å²) in [4.78, 5) is 0. The van der Waals surface area contributed by atoms with Crippen molar-refractivity contribution < 1.29 is 17.6 Å². The minimum absolute atomic E-state index is 0.129. The van der Waals surface area contributed by atoms with Crippen molar-refractivity contribution in [2.24, 2.45) is 0 Å². The van der Waals surface area contributed by atoms with Crippen molar-refractivity contribution in [3.8, 4) is 11.5 Å². The highest BCUT2D eigenvalue weighted by atomic mass is 127. The van der Waals surface area contributed by atoms with Gasteiger partial charge in [-0.2, -0.15) is 13.2 Å². The van der Waals surface area contributed by atoms with Gasteiger partial charge in [-0.05, 0) is 18.2 Å². The highest BCUT2D eigenvalue weighted by Gasteiger charge is 2.35. The molecule has 0 spiro atoms. The molecule has 1 heterocycles. The Balaban J connectivity index is 2.61. The summed E-state index contributed by atoms with van der Waals surface area (Å²) in [5, 5.41) is 7.08. The van der Waals surface area contributed by atoms with E-state index < -0.39 is 11.7 Å². The lowest BCUT2D eigenvalue weighted by molar-refractivity contribution is -0.137. The van der Waals surface area contributed by atoms with Gasteiger partial charge in [-0.25, -0.2) is 0 Å². The summed E-state index contributed by atoms with van der Waals surface area (Å²) in [6.45, 7) is 0. The largest absolute Gasteiger partial charge is 0.417 e. The van der Waals surface area contributed by atoms with Crippen LogP contribution in [-0.4, -0.2) is 10.2 Å². The molecule has 0 aliphatic rings. The molecule has 0 radical (unpaired) electrons. The number of nitrogens with zero attached hydrogens (tertiary/aromatic N) is 2. The Hall–Kier alpha value is -0.640. The van der Waals surface area contributed by atoms with Crippen LogP contribution < -0.4 is 0 Å². The molecule has 0 unspecified atom stereocenters. The Labute approximate surface area is 116 Å². The third kappa shape index (κ3) is 2.79. The molecule has 0 saturated carbocycles. The zero-order valence-corrected chi connectivity index (χ0v) is 11.7. The molecule has 1 aromatic carbocycles. The number of alkyl halides is 3. The first-order valence-corrected chi connectivity index (χ1v) is 6.11. The normalized spacial score (nSPS) is 11.8. The van der Waals surface area contributed by atoms with Crippen LogP contribution in [0.2, 0.25) is 0 Å². The highest BCUT2D eigenvalue weighted by Crippen LogP contribution is 2.38. The fraction of sp³-hybridized carbons (Fsp3) is 0.111. The third-order valence-electron chi connectivity index (χ3n) is 1.92. The average molecular weight is 419 g/mol. The molecule has 0 atom stereocenters. The molecule has 8 heteroatoms. The summed E-state index contributed by atoms with van der Waals surface area (Å²) >= 11 is 4.73. The molecule has 0 saturated heterocycles. The van der Waals surface area contributed by atoms with Crippen molar-refractivity contribution in [2.75, 3.05) is 0 Å². The summed E-state index contributed by atoms with van der Waals surface area (Å²) in [7, 11) is 0. The number of hydrogen-bond donors (Lipinski definition) is 0. The molecular formula is C9H3BrF3IN2O. The average Bonchev–Trinajstić information content (AvgIpc) is 2.63. The number of benzene rings is 1. The number of halogens is 5. The van der Waals surface area contributed by atoms with E-state index in [4.69, 9.17) is 4.42 Å². The predicted molar refractivity (Wildman–Crippen MR) is 65.2 cm³/mol. The summed E-state index contributed by atoms with van der Waals surface area (Å²) in [6.07, 6.45) is -4.47. The first-order valence-electron chi connectivity index (χ1n) is 4.24. The smallest absolute Gasteiger partial charge is 0.412 e. The van der Waals surface area contributed by atoms with Crippen molar-refractivity contribution in [3.63, 3.8) is 0 Å². The Morgan fingerprint density at radius 1 is 1.24 bits per heavy atom. The van der Waals surface area contributed by atoms with Crippen LogP contribution in [0, 0.1) is 3.90 Å². The molecule has 3 nitrogen and oxygen atoms in total. The lowest BCUT2D eigenvalue weighted by atomic mass is 10.1. The summed E-state index contributed by atoms with van der Waals surface area (Å²) < 4.78 is 43.9. The van der Waals surface area contributed by atoms with Gasteiger partial charge in [0.25, 0.3) is 3.90 Å². The van der Waals surface area contributed by atoms with Gasteiger partial charge in [0, 0.05) is 27.1 Å². The van der Waals surface area contributed by atoms with Crippen molar-refractivity contribution in [2.45, 2.75) is 6.18 Å². The van der Waals surface area contributed by atoms with Crippen LogP contribution in [0.5, 0.6) is 0 Å². The maximum absolute atomic E-state index is 12.8. The zero-order valence-electron chi connectivity index (χ0n) is 7.92. The van der Waals surface area contributed by atoms with Gasteiger partial charge in [-0.15, -0.1) is 10.2 Å². The van der Waals surface area contributed by atoms with Crippen LogP contribution >= 0.6 is 38.5 Å². The van der Waals surface area contributed by atoms with E-state index in [0.29, 0.717) is 4.47 Å². The van der Waals surface area contributed by atoms with Gasteiger partial charge < -0.3 is 4.42 Å². The van der Waals surface area contributed by atoms with E-state index >= 15 is 0 Å². The van der Waals surface area contributed by atoms with E-state index in [-0.39, 0.29) is 15.4 Å². The molecular weight excluding hydrogens is 416 g/mol.